The van der Waals surface area contributed by atoms with Crippen molar-refractivity contribution in [3.05, 3.63) is 70.8 Å². The van der Waals surface area contributed by atoms with E-state index in [9.17, 15) is 40.2 Å². The fourth-order valence-corrected chi connectivity index (χ4v) is 6.03. The van der Waals surface area contributed by atoms with Gasteiger partial charge in [0.25, 0.3) is 11.8 Å². The Bertz CT molecular complexity index is 1170. The van der Waals surface area contributed by atoms with Crippen molar-refractivity contribution in [3.63, 3.8) is 0 Å². The highest BCUT2D eigenvalue weighted by atomic mass is 16.5. The number of amides is 2. The summed E-state index contributed by atoms with van der Waals surface area (Å²) in [4.78, 5) is 24.3. The largest absolute Gasteiger partial charge is 0.395 e. The van der Waals surface area contributed by atoms with Gasteiger partial charge >= 0.3 is 0 Å². The van der Waals surface area contributed by atoms with Gasteiger partial charge < -0.3 is 51.5 Å². The minimum Gasteiger partial charge on any atom is -0.395 e. The number of fused-ring (bicyclic) bond motifs is 1. The Morgan fingerprint density at radius 3 is 1.66 bits per heavy atom. The number of carbonyl (C=O) groups excluding carboxylic acids is 2. The first-order chi connectivity index (χ1) is 18.0. The number of aliphatic hydroxyl groups is 8. The molecule has 4 rings (SSSR count). The van der Waals surface area contributed by atoms with Crippen LogP contribution < -0.4 is 10.6 Å². The van der Waals surface area contributed by atoms with E-state index in [1.807, 2.05) is 0 Å². The van der Waals surface area contributed by atoms with E-state index in [1.54, 1.807) is 0 Å². The number of nitrogens with one attached hydrogen (secondary N) is 2. The molecule has 12 heteroatoms. The van der Waals surface area contributed by atoms with Gasteiger partial charge in [0.05, 0.1) is 31.8 Å². The van der Waals surface area contributed by atoms with Crippen LogP contribution in [0.4, 0.5) is 0 Å². The molecule has 0 spiro atoms. The Morgan fingerprint density at radius 2 is 1.24 bits per heavy atom. The van der Waals surface area contributed by atoms with Crippen LogP contribution >= 0.6 is 0 Å². The summed E-state index contributed by atoms with van der Waals surface area (Å²) in [5.41, 5.74) is -6.40. The van der Waals surface area contributed by atoms with Gasteiger partial charge in [-0.3, -0.25) is 9.59 Å². The zero-order valence-corrected chi connectivity index (χ0v) is 20.4. The third kappa shape index (κ3) is 3.76. The molecule has 206 valence electrons. The first kappa shape index (κ1) is 28.1. The molecule has 2 fully saturated rings. The summed E-state index contributed by atoms with van der Waals surface area (Å²) in [5.74, 6) is -3.66. The lowest BCUT2D eigenvalue weighted by atomic mass is 9.30. The Morgan fingerprint density at radius 1 is 0.789 bits per heavy atom. The molecule has 2 aliphatic carbocycles. The molecule has 0 heterocycles. The van der Waals surface area contributed by atoms with Gasteiger partial charge in [0, 0.05) is 30.1 Å². The van der Waals surface area contributed by atoms with Gasteiger partial charge in [-0.15, -0.1) is 0 Å². The third-order valence-corrected chi connectivity index (χ3v) is 7.83. The second-order valence-electron chi connectivity index (χ2n) is 9.67. The summed E-state index contributed by atoms with van der Waals surface area (Å²) in [6.45, 7) is -1.35. The van der Waals surface area contributed by atoms with Crippen LogP contribution in [0.15, 0.2) is 48.5 Å². The summed E-state index contributed by atoms with van der Waals surface area (Å²) >= 11 is 0. The number of aliphatic hydroxyl groups excluding tert-OH is 5. The summed E-state index contributed by atoms with van der Waals surface area (Å²) in [7, 11) is 0. The first-order valence-electron chi connectivity index (χ1n) is 12.2. The van der Waals surface area contributed by atoms with Gasteiger partial charge in [0.15, 0.2) is 0 Å². The number of hydrogen-bond donors (Lipinski definition) is 10. The Balaban J connectivity index is 1.66. The standard InChI is InChI=1S/C26H32N2O10/c29-11-9-27-22(34)16-5-1-14(2-6-16)19-21(33)25(37)20(24(36,18(32)13-31)26(19,25)38)15-3-7-17(8-4-15)23(35)28-10-12-30/h1-8,18-21,29-33,36-38H,9-13H2,(H,27,34)(H,28,35)/t18-,19?,20?,21?,24+,25+,26+/m1/s1. The van der Waals surface area contributed by atoms with Gasteiger partial charge in [0.2, 0.25) is 0 Å². The van der Waals surface area contributed by atoms with E-state index in [0.29, 0.717) is 0 Å². The lowest BCUT2D eigenvalue weighted by molar-refractivity contribution is -0.459. The minimum absolute atomic E-state index is 0.0420. The Hall–Kier alpha value is -2.94. The molecule has 38 heavy (non-hydrogen) atoms. The molecule has 10 N–H and O–H groups in total. The van der Waals surface area contributed by atoms with Gasteiger partial charge in [-0.1, -0.05) is 24.3 Å². The molecule has 0 radical (unpaired) electrons. The average molecular weight is 533 g/mol. The van der Waals surface area contributed by atoms with E-state index in [1.165, 1.54) is 48.5 Å². The molecule has 2 amide bonds. The van der Waals surface area contributed by atoms with Crippen LogP contribution in [0.25, 0.3) is 0 Å². The number of carbonyl (C=O) groups is 2. The lowest BCUT2D eigenvalue weighted by Crippen LogP contribution is -2.99. The van der Waals surface area contributed by atoms with Crippen molar-refractivity contribution < 1.29 is 50.4 Å². The van der Waals surface area contributed by atoms with Crippen LogP contribution in [0.5, 0.6) is 0 Å². The average Bonchev–Trinajstić information content (AvgIpc) is 2.94. The fourth-order valence-electron chi connectivity index (χ4n) is 6.03. The van der Waals surface area contributed by atoms with Crippen LogP contribution in [0, 0.1) is 0 Å². The van der Waals surface area contributed by atoms with Crippen LogP contribution in [0.3, 0.4) is 0 Å². The molecule has 0 aromatic heterocycles. The summed E-state index contributed by atoms with van der Waals surface area (Å²) in [6.07, 6.45) is -3.52. The van der Waals surface area contributed by atoms with E-state index in [0.717, 1.165) is 0 Å². The third-order valence-electron chi connectivity index (χ3n) is 7.83. The van der Waals surface area contributed by atoms with Crippen molar-refractivity contribution in [2.24, 2.45) is 0 Å². The van der Waals surface area contributed by atoms with Gasteiger partial charge in [-0.25, -0.2) is 0 Å². The molecule has 0 aliphatic heterocycles. The van der Waals surface area contributed by atoms with Crippen molar-refractivity contribution in [1.29, 1.82) is 0 Å². The van der Waals surface area contributed by atoms with E-state index in [-0.39, 0.29) is 48.6 Å². The second kappa shape index (κ2) is 10.3. The van der Waals surface area contributed by atoms with E-state index < -0.39 is 59.3 Å². The summed E-state index contributed by atoms with van der Waals surface area (Å²) < 4.78 is 0. The van der Waals surface area contributed by atoms with Crippen LogP contribution in [0.2, 0.25) is 0 Å². The molecule has 3 unspecified atom stereocenters. The molecule has 7 atom stereocenters. The molecule has 2 aromatic carbocycles. The maximum Gasteiger partial charge on any atom is 0.251 e. The normalized spacial score (nSPS) is 32.4. The predicted octanol–water partition coefficient (Wildman–Crippen LogP) is -3.07. The second-order valence-corrected chi connectivity index (χ2v) is 9.67. The fraction of sp³-hybridized carbons (Fsp3) is 0.462. The highest BCUT2D eigenvalue weighted by Crippen LogP contribution is 2.75. The molecular formula is C26H32N2O10. The molecule has 2 aliphatic rings. The maximum absolute atomic E-state index is 12.2. The monoisotopic (exact) mass is 532 g/mol. The molecular weight excluding hydrogens is 500 g/mol. The molecule has 12 nitrogen and oxygen atoms in total. The smallest absolute Gasteiger partial charge is 0.251 e. The van der Waals surface area contributed by atoms with E-state index in [4.69, 9.17) is 10.2 Å². The number of benzene rings is 2. The van der Waals surface area contributed by atoms with Gasteiger partial charge in [-0.2, -0.15) is 0 Å². The molecule has 0 bridgehead atoms. The predicted molar refractivity (Wildman–Crippen MR) is 131 cm³/mol. The topological polar surface area (TPSA) is 220 Å². The Kier molecular flexibility index (Phi) is 7.63. The van der Waals surface area contributed by atoms with Crippen molar-refractivity contribution in [2.45, 2.75) is 40.8 Å². The van der Waals surface area contributed by atoms with Crippen molar-refractivity contribution in [1.82, 2.24) is 10.6 Å². The number of rotatable bonds is 10. The van der Waals surface area contributed by atoms with Crippen molar-refractivity contribution in [2.75, 3.05) is 32.9 Å². The molecule has 2 saturated carbocycles. The van der Waals surface area contributed by atoms with Crippen LogP contribution in [0.1, 0.15) is 43.7 Å². The number of hydrogen-bond acceptors (Lipinski definition) is 10. The van der Waals surface area contributed by atoms with E-state index in [2.05, 4.69) is 10.6 Å². The van der Waals surface area contributed by atoms with Gasteiger partial charge in [0.1, 0.15) is 22.9 Å². The molecule has 2 aromatic rings. The van der Waals surface area contributed by atoms with Crippen molar-refractivity contribution in [3.8, 4) is 0 Å². The quantitative estimate of drug-likeness (QED) is 0.149. The minimum atomic E-state index is -2.50. The SMILES string of the molecule is O=C(NCCO)c1ccc(C2C(O)[C@@]3(O)C(c4ccc(C(=O)NCCO)cc4)[C@@](O)([C@H](O)CO)[C@@]23O)cc1. The summed E-state index contributed by atoms with van der Waals surface area (Å²) in [6, 6.07) is 11.2. The van der Waals surface area contributed by atoms with Crippen molar-refractivity contribution >= 4 is 11.8 Å². The van der Waals surface area contributed by atoms with Gasteiger partial charge in [-0.05, 0) is 35.4 Å². The first-order valence-corrected chi connectivity index (χ1v) is 12.2. The maximum atomic E-state index is 12.2. The Labute approximate surface area is 217 Å². The zero-order valence-electron chi connectivity index (χ0n) is 20.4. The van der Waals surface area contributed by atoms with Crippen LogP contribution in [-0.4, -0.2) is 115 Å². The summed E-state index contributed by atoms with van der Waals surface area (Å²) in [5, 5.41) is 89.0. The highest BCUT2D eigenvalue weighted by Gasteiger charge is 2.93. The molecule has 0 saturated heterocycles. The lowest BCUT2D eigenvalue weighted by Gasteiger charge is -2.80. The van der Waals surface area contributed by atoms with E-state index >= 15 is 0 Å². The van der Waals surface area contributed by atoms with Crippen LogP contribution in [-0.2, 0) is 0 Å². The highest BCUT2D eigenvalue weighted by molar-refractivity contribution is 5.94. The zero-order chi connectivity index (χ0) is 27.9.